The standard InChI is InChI=1S/C18H29N3/c1-3-20(4-2)16-10-12-21(14-16)18-9-11-19-13-15-7-5-6-8-17(15)18/h5-8,16,18-19H,3-4,9-14H2,1-2H3. The summed E-state index contributed by atoms with van der Waals surface area (Å²) in [4.78, 5) is 5.36. The van der Waals surface area contributed by atoms with Crippen molar-refractivity contribution >= 4 is 0 Å². The summed E-state index contributed by atoms with van der Waals surface area (Å²) in [6.45, 7) is 11.6. The number of hydrogen-bond donors (Lipinski definition) is 1. The first-order valence-electron chi connectivity index (χ1n) is 8.60. The topological polar surface area (TPSA) is 18.5 Å². The molecule has 1 aromatic carbocycles. The summed E-state index contributed by atoms with van der Waals surface area (Å²) in [6.07, 6.45) is 2.57. The summed E-state index contributed by atoms with van der Waals surface area (Å²) in [5.41, 5.74) is 3.05. The van der Waals surface area contributed by atoms with Gasteiger partial charge in [0, 0.05) is 31.7 Å². The monoisotopic (exact) mass is 287 g/mol. The average Bonchev–Trinajstić information content (AvgIpc) is 2.89. The molecule has 0 bridgehead atoms. The Morgan fingerprint density at radius 3 is 2.81 bits per heavy atom. The van der Waals surface area contributed by atoms with Crippen molar-refractivity contribution < 1.29 is 0 Å². The van der Waals surface area contributed by atoms with Crippen molar-refractivity contribution in [2.45, 2.75) is 45.3 Å². The highest BCUT2D eigenvalue weighted by atomic mass is 15.3. The third-order valence-electron chi connectivity index (χ3n) is 5.29. The number of nitrogens with zero attached hydrogens (tertiary/aromatic N) is 2. The maximum absolute atomic E-state index is 3.58. The van der Waals surface area contributed by atoms with Crippen LogP contribution >= 0.6 is 0 Å². The highest BCUT2D eigenvalue weighted by molar-refractivity contribution is 5.31. The molecule has 1 N–H and O–H groups in total. The zero-order chi connectivity index (χ0) is 14.7. The van der Waals surface area contributed by atoms with Crippen molar-refractivity contribution in [2.24, 2.45) is 0 Å². The number of hydrogen-bond acceptors (Lipinski definition) is 3. The summed E-state index contributed by atoms with van der Waals surface area (Å²) in [6, 6.07) is 10.4. The molecule has 2 atom stereocenters. The van der Waals surface area contributed by atoms with Gasteiger partial charge in [-0.25, -0.2) is 0 Å². The van der Waals surface area contributed by atoms with Crippen molar-refractivity contribution in [1.29, 1.82) is 0 Å². The molecule has 1 fully saturated rings. The fraction of sp³-hybridized carbons (Fsp3) is 0.667. The molecule has 0 radical (unpaired) electrons. The Balaban J connectivity index is 1.75. The largest absolute Gasteiger partial charge is 0.313 e. The molecule has 0 aromatic heterocycles. The lowest BCUT2D eigenvalue weighted by molar-refractivity contribution is 0.183. The normalized spacial score (nSPS) is 26.8. The van der Waals surface area contributed by atoms with Crippen LogP contribution in [0.25, 0.3) is 0 Å². The number of fused-ring (bicyclic) bond motifs is 1. The molecule has 2 unspecified atom stereocenters. The zero-order valence-corrected chi connectivity index (χ0v) is 13.5. The minimum Gasteiger partial charge on any atom is -0.313 e. The Morgan fingerprint density at radius 1 is 1.19 bits per heavy atom. The highest BCUT2D eigenvalue weighted by Gasteiger charge is 2.32. The second kappa shape index (κ2) is 6.91. The van der Waals surface area contributed by atoms with Crippen LogP contribution in [0.2, 0.25) is 0 Å². The molecule has 3 nitrogen and oxygen atoms in total. The molecule has 21 heavy (non-hydrogen) atoms. The number of likely N-dealkylation sites (tertiary alicyclic amines) is 1. The Hall–Kier alpha value is -0.900. The zero-order valence-electron chi connectivity index (χ0n) is 13.5. The Labute approximate surface area is 129 Å². The SMILES string of the molecule is CCN(CC)C1CCN(C2CCNCc3ccccc32)C1. The van der Waals surface area contributed by atoms with Crippen LogP contribution in [0.3, 0.4) is 0 Å². The van der Waals surface area contributed by atoms with Gasteiger partial charge in [-0.05, 0) is 43.6 Å². The molecule has 2 aliphatic rings. The smallest absolute Gasteiger partial charge is 0.0364 e. The fourth-order valence-electron chi connectivity index (χ4n) is 4.11. The Bertz CT molecular complexity index is 456. The van der Waals surface area contributed by atoms with E-state index in [0.29, 0.717) is 6.04 Å². The van der Waals surface area contributed by atoms with Crippen LogP contribution in [0.5, 0.6) is 0 Å². The molecule has 0 saturated carbocycles. The van der Waals surface area contributed by atoms with Gasteiger partial charge in [-0.15, -0.1) is 0 Å². The third kappa shape index (κ3) is 3.15. The van der Waals surface area contributed by atoms with Gasteiger partial charge in [0.15, 0.2) is 0 Å². The van der Waals surface area contributed by atoms with E-state index in [4.69, 9.17) is 0 Å². The third-order valence-corrected chi connectivity index (χ3v) is 5.29. The lowest BCUT2D eigenvalue weighted by Crippen LogP contribution is -2.38. The molecule has 0 spiro atoms. The lowest BCUT2D eigenvalue weighted by atomic mass is 9.98. The van der Waals surface area contributed by atoms with Crippen LogP contribution in [0.1, 0.15) is 43.9 Å². The van der Waals surface area contributed by atoms with Crippen molar-refractivity contribution in [3.8, 4) is 0 Å². The lowest BCUT2D eigenvalue weighted by Gasteiger charge is -2.30. The Kier molecular flexibility index (Phi) is 4.94. The molecule has 2 aliphatic heterocycles. The molecular formula is C18H29N3. The Morgan fingerprint density at radius 2 is 2.00 bits per heavy atom. The first-order valence-corrected chi connectivity index (χ1v) is 8.60. The number of rotatable bonds is 4. The first kappa shape index (κ1) is 15.0. The van der Waals surface area contributed by atoms with Gasteiger partial charge in [0.2, 0.25) is 0 Å². The van der Waals surface area contributed by atoms with E-state index in [9.17, 15) is 0 Å². The molecule has 1 saturated heterocycles. The van der Waals surface area contributed by atoms with Gasteiger partial charge in [0.1, 0.15) is 0 Å². The van der Waals surface area contributed by atoms with Crippen LogP contribution in [0.4, 0.5) is 0 Å². The van der Waals surface area contributed by atoms with Gasteiger partial charge in [-0.1, -0.05) is 38.1 Å². The molecular weight excluding hydrogens is 258 g/mol. The van der Waals surface area contributed by atoms with Gasteiger partial charge in [-0.2, -0.15) is 0 Å². The van der Waals surface area contributed by atoms with E-state index in [2.05, 4.69) is 53.2 Å². The van der Waals surface area contributed by atoms with E-state index in [1.165, 1.54) is 44.6 Å². The molecule has 3 heteroatoms. The molecule has 1 aromatic rings. The molecule has 116 valence electrons. The minimum absolute atomic E-state index is 0.608. The predicted octanol–water partition coefficient (Wildman–Crippen LogP) is 2.64. The van der Waals surface area contributed by atoms with Crippen LogP contribution < -0.4 is 5.32 Å². The van der Waals surface area contributed by atoms with Gasteiger partial charge >= 0.3 is 0 Å². The highest BCUT2D eigenvalue weighted by Crippen LogP contribution is 2.32. The van der Waals surface area contributed by atoms with Crippen molar-refractivity contribution in [2.75, 3.05) is 32.7 Å². The van der Waals surface area contributed by atoms with Gasteiger partial charge < -0.3 is 5.32 Å². The van der Waals surface area contributed by atoms with Crippen molar-refractivity contribution in [3.05, 3.63) is 35.4 Å². The second-order valence-corrected chi connectivity index (χ2v) is 6.34. The first-order chi connectivity index (χ1) is 10.3. The van der Waals surface area contributed by atoms with Crippen molar-refractivity contribution in [1.82, 2.24) is 15.1 Å². The summed E-state index contributed by atoms with van der Waals surface area (Å²) >= 11 is 0. The van der Waals surface area contributed by atoms with Gasteiger partial charge in [0.25, 0.3) is 0 Å². The molecule has 3 rings (SSSR count). The summed E-state index contributed by atoms with van der Waals surface area (Å²) in [5, 5.41) is 3.58. The van der Waals surface area contributed by atoms with E-state index in [1.54, 1.807) is 5.56 Å². The molecule has 0 amide bonds. The van der Waals surface area contributed by atoms with Crippen LogP contribution in [-0.2, 0) is 6.54 Å². The van der Waals surface area contributed by atoms with Crippen LogP contribution in [0.15, 0.2) is 24.3 Å². The number of likely N-dealkylation sites (N-methyl/N-ethyl adjacent to an activating group) is 1. The minimum atomic E-state index is 0.608. The number of nitrogens with one attached hydrogen (secondary N) is 1. The van der Waals surface area contributed by atoms with E-state index < -0.39 is 0 Å². The number of benzene rings is 1. The molecule has 0 aliphatic carbocycles. The van der Waals surface area contributed by atoms with E-state index in [0.717, 1.165) is 19.1 Å². The fourth-order valence-corrected chi connectivity index (χ4v) is 4.11. The maximum Gasteiger partial charge on any atom is 0.0364 e. The average molecular weight is 287 g/mol. The second-order valence-electron chi connectivity index (χ2n) is 6.34. The summed E-state index contributed by atoms with van der Waals surface area (Å²) < 4.78 is 0. The summed E-state index contributed by atoms with van der Waals surface area (Å²) in [7, 11) is 0. The van der Waals surface area contributed by atoms with Gasteiger partial charge in [-0.3, -0.25) is 9.80 Å². The quantitative estimate of drug-likeness (QED) is 0.918. The van der Waals surface area contributed by atoms with Gasteiger partial charge in [0.05, 0.1) is 0 Å². The van der Waals surface area contributed by atoms with Crippen LogP contribution in [0, 0.1) is 0 Å². The predicted molar refractivity (Wildman–Crippen MR) is 88.4 cm³/mol. The van der Waals surface area contributed by atoms with Crippen molar-refractivity contribution in [3.63, 3.8) is 0 Å². The maximum atomic E-state index is 3.58. The van der Waals surface area contributed by atoms with E-state index in [-0.39, 0.29) is 0 Å². The van der Waals surface area contributed by atoms with E-state index >= 15 is 0 Å². The summed E-state index contributed by atoms with van der Waals surface area (Å²) in [5.74, 6) is 0. The molecule has 2 heterocycles. The van der Waals surface area contributed by atoms with E-state index in [1.807, 2.05) is 0 Å². The van der Waals surface area contributed by atoms with Crippen LogP contribution in [-0.4, -0.2) is 48.6 Å².